The maximum Gasteiger partial charge on any atom is 0.338 e. The lowest BCUT2D eigenvalue weighted by Crippen LogP contribution is -2.39. The summed E-state index contributed by atoms with van der Waals surface area (Å²) < 4.78 is 5.58. The molecule has 1 aliphatic rings. The Hall–Kier alpha value is -1.60. The molecule has 1 aromatic rings. The number of hydrogen-bond acceptors (Lipinski definition) is 4. The lowest BCUT2D eigenvalue weighted by Gasteiger charge is -2.27. The maximum atomic E-state index is 12.0. The predicted octanol–water partition coefficient (Wildman–Crippen LogP) is 2.48. The summed E-state index contributed by atoms with van der Waals surface area (Å²) in [7, 11) is 1.68. The quantitative estimate of drug-likeness (QED) is 0.895. The molecular weight excluding hydrogens is 280 g/mol. The van der Waals surface area contributed by atoms with Crippen molar-refractivity contribution in [1.82, 2.24) is 4.90 Å². The molecule has 1 aliphatic heterocycles. The van der Waals surface area contributed by atoms with Crippen LogP contribution in [0.5, 0.6) is 0 Å². The van der Waals surface area contributed by atoms with E-state index in [9.17, 15) is 9.59 Å². The normalized spacial score (nSPS) is 18.6. The van der Waals surface area contributed by atoms with Crippen LogP contribution in [-0.4, -0.2) is 48.3 Å². The molecular formula is C13H18N2O4S. The summed E-state index contributed by atoms with van der Waals surface area (Å²) >= 11 is 1.20. The first-order chi connectivity index (χ1) is 9.58. The number of carbonyl (C=O) groups is 2. The summed E-state index contributed by atoms with van der Waals surface area (Å²) in [4.78, 5) is 24.5. The SMILES string of the molecule is CN(CC1CCCCO1)C(=O)Nc1sccc1C(=O)O. The molecule has 1 unspecified atom stereocenters. The van der Waals surface area contributed by atoms with Crippen molar-refractivity contribution in [3.63, 3.8) is 0 Å². The number of anilines is 1. The molecule has 0 spiro atoms. The minimum atomic E-state index is -1.04. The third kappa shape index (κ3) is 3.71. The molecule has 20 heavy (non-hydrogen) atoms. The summed E-state index contributed by atoms with van der Waals surface area (Å²) in [6.07, 6.45) is 3.22. The zero-order chi connectivity index (χ0) is 14.5. The third-order valence-corrected chi connectivity index (χ3v) is 4.04. The summed E-state index contributed by atoms with van der Waals surface area (Å²) in [5.41, 5.74) is 0.116. The van der Waals surface area contributed by atoms with Crippen molar-refractivity contribution in [2.45, 2.75) is 25.4 Å². The zero-order valence-corrected chi connectivity index (χ0v) is 12.1. The van der Waals surface area contributed by atoms with Crippen LogP contribution in [-0.2, 0) is 4.74 Å². The third-order valence-electron chi connectivity index (χ3n) is 3.21. The number of nitrogens with one attached hydrogen (secondary N) is 1. The van der Waals surface area contributed by atoms with E-state index in [-0.39, 0.29) is 17.7 Å². The summed E-state index contributed by atoms with van der Waals surface area (Å²) in [5, 5.41) is 13.6. The number of rotatable bonds is 4. The number of thiophene rings is 1. The van der Waals surface area contributed by atoms with E-state index >= 15 is 0 Å². The van der Waals surface area contributed by atoms with Crippen LogP contribution in [0.4, 0.5) is 9.80 Å². The van der Waals surface area contributed by atoms with Gasteiger partial charge < -0.3 is 14.7 Å². The van der Waals surface area contributed by atoms with Gasteiger partial charge in [0.15, 0.2) is 0 Å². The number of nitrogens with zero attached hydrogens (tertiary/aromatic N) is 1. The standard InChI is InChI=1S/C13H18N2O4S/c1-15(8-9-4-2-3-6-19-9)13(18)14-11-10(12(16)17)5-7-20-11/h5,7,9H,2-4,6,8H2,1H3,(H,14,18)(H,16,17). The van der Waals surface area contributed by atoms with Crippen molar-refractivity contribution >= 4 is 28.3 Å². The number of amides is 2. The average Bonchev–Trinajstić information content (AvgIpc) is 2.88. The Bertz CT molecular complexity index is 482. The van der Waals surface area contributed by atoms with Crippen LogP contribution in [0.15, 0.2) is 11.4 Å². The Morgan fingerprint density at radius 3 is 3.00 bits per heavy atom. The predicted molar refractivity (Wildman–Crippen MR) is 76.5 cm³/mol. The van der Waals surface area contributed by atoms with Crippen LogP contribution in [0.3, 0.4) is 0 Å². The topological polar surface area (TPSA) is 78.9 Å². The second-order valence-corrected chi connectivity index (χ2v) is 5.68. The smallest absolute Gasteiger partial charge is 0.338 e. The molecule has 7 heteroatoms. The highest BCUT2D eigenvalue weighted by atomic mass is 32.1. The fraction of sp³-hybridized carbons (Fsp3) is 0.538. The van der Waals surface area contributed by atoms with Gasteiger partial charge in [-0.25, -0.2) is 9.59 Å². The van der Waals surface area contributed by atoms with Gasteiger partial charge in [0.2, 0.25) is 0 Å². The van der Waals surface area contributed by atoms with Crippen molar-refractivity contribution in [2.24, 2.45) is 0 Å². The second-order valence-electron chi connectivity index (χ2n) is 4.77. The Morgan fingerprint density at radius 1 is 1.55 bits per heavy atom. The number of carboxylic acids is 1. The molecule has 0 bridgehead atoms. The van der Waals surface area contributed by atoms with Gasteiger partial charge in [0.25, 0.3) is 0 Å². The van der Waals surface area contributed by atoms with Gasteiger partial charge in [0.1, 0.15) is 5.00 Å². The van der Waals surface area contributed by atoms with Gasteiger partial charge in [0.05, 0.1) is 11.7 Å². The summed E-state index contributed by atoms with van der Waals surface area (Å²) in [6.45, 7) is 1.26. The first kappa shape index (κ1) is 14.8. The number of carbonyl (C=O) groups excluding carboxylic acids is 1. The molecule has 2 N–H and O–H groups in total. The summed E-state index contributed by atoms with van der Waals surface area (Å²) in [6, 6.07) is 1.16. The Labute approximate surface area is 121 Å². The van der Waals surface area contributed by atoms with Gasteiger partial charge in [-0.1, -0.05) is 0 Å². The van der Waals surface area contributed by atoms with E-state index in [0.29, 0.717) is 11.5 Å². The van der Waals surface area contributed by atoms with Crippen molar-refractivity contribution in [1.29, 1.82) is 0 Å². The van der Waals surface area contributed by atoms with Crippen LogP contribution in [0.1, 0.15) is 29.6 Å². The highest BCUT2D eigenvalue weighted by Crippen LogP contribution is 2.23. The van der Waals surface area contributed by atoms with Gasteiger partial charge in [-0.3, -0.25) is 5.32 Å². The number of aromatic carboxylic acids is 1. The molecule has 0 aromatic carbocycles. The fourth-order valence-corrected chi connectivity index (χ4v) is 2.88. The molecule has 0 saturated carbocycles. The van der Waals surface area contributed by atoms with Gasteiger partial charge in [0, 0.05) is 20.2 Å². The molecule has 1 atom stereocenters. The number of carboxylic acid groups (broad SMARTS) is 1. The van der Waals surface area contributed by atoms with Crippen LogP contribution < -0.4 is 5.32 Å². The van der Waals surface area contributed by atoms with E-state index in [4.69, 9.17) is 9.84 Å². The lowest BCUT2D eigenvalue weighted by atomic mass is 10.1. The number of urea groups is 1. The monoisotopic (exact) mass is 298 g/mol. The van der Waals surface area contributed by atoms with E-state index in [0.717, 1.165) is 25.9 Å². The van der Waals surface area contributed by atoms with E-state index in [1.807, 2.05) is 0 Å². The van der Waals surface area contributed by atoms with Crippen molar-refractivity contribution in [3.05, 3.63) is 17.0 Å². The first-order valence-corrected chi connectivity index (χ1v) is 7.40. The zero-order valence-electron chi connectivity index (χ0n) is 11.3. The molecule has 2 rings (SSSR count). The Kier molecular flexibility index (Phi) is 4.97. The first-order valence-electron chi connectivity index (χ1n) is 6.52. The van der Waals surface area contributed by atoms with Crippen LogP contribution in [0, 0.1) is 0 Å². The van der Waals surface area contributed by atoms with Gasteiger partial charge in [-0.05, 0) is 30.7 Å². The molecule has 0 radical (unpaired) electrons. The van der Waals surface area contributed by atoms with Crippen LogP contribution in [0.2, 0.25) is 0 Å². The van der Waals surface area contributed by atoms with Gasteiger partial charge >= 0.3 is 12.0 Å². The molecule has 6 nitrogen and oxygen atoms in total. The average molecular weight is 298 g/mol. The van der Waals surface area contributed by atoms with Crippen LogP contribution in [0.25, 0.3) is 0 Å². The highest BCUT2D eigenvalue weighted by Gasteiger charge is 2.20. The van der Waals surface area contributed by atoms with Crippen molar-refractivity contribution < 1.29 is 19.4 Å². The van der Waals surface area contributed by atoms with E-state index in [2.05, 4.69) is 5.32 Å². The lowest BCUT2D eigenvalue weighted by molar-refractivity contribution is 0.00463. The van der Waals surface area contributed by atoms with Crippen molar-refractivity contribution in [2.75, 3.05) is 25.5 Å². The largest absolute Gasteiger partial charge is 0.478 e. The van der Waals surface area contributed by atoms with Crippen LogP contribution >= 0.6 is 11.3 Å². The number of ether oxygens (including phenoxy) is 1. The molecule has 1 aromatic heterocycles. The van der Waals surface area contributed by atoms with Gasteiger partial charge in [-0.2, -0.15) is 0 Å². The van der Waals surface area contributed by atoms with E-state index < -0.39 is 5.97 Å². The molecule has 1 saturated heterocycles. The van der Waals surface area contributed by atoms with Gasteiger partial charge in [-0.15, -0.1) is 11.3 Å². The van der Waals surface area contributed by atoms with Crippen molar-refractivity contribution in [3.8, 4) is 0 Å². The number of hydrogen-bond donors (Lipinski definition) is 2. The summed E-state index contributed by atoms with van der Waals surface area (Å²) in [5.74, 6) is -1.04. The molecule has 2 amide bonds. The highest BCUT2D eigenvalue weighted by molar-refractivity contribution is 7.14. The molecule has 0 aliphatic carbocycles. The fourth-order valence-electron chi connectivity index (χ4n) is 2.11. The number of likely N-dealkylation sites (N-methyl/N-ethyl adjacent to an activating group) is 1. The Morgan fingerprint density at radius 2 is 2.35 bits per heavy atom. The minimum Gasteiger partial charge on any atom is -0.478 e. The van der Waals surface area contributed by atoms with E-state index in [1.165, 1.54) is 22.3 Å². The van der Waals surface area contributed by atoms with E-state index in [1.54, 1.807) is 12.4 Å². The Balaban J connectivity index is 1.90. The second kappa shape index (κ2) is 6.71. The molecule has 110 valence electrons. The molecule has 2 heterocycles. The minimum absolute atomic E-state index is 0.0711. The molecule has 1 fully saturated rings. The maximum absolute atomic E-state index is 12.0.